The van der Waals surface area contributed by atoms with E-state index in [-0.39, 0.29) is 11.9 Å². The predicted octanol–water partition coefficient (Wildman–Crippen LogP) is 3.49. The molecule has 0 aliphatic carbocycles. The van der Waals surface area contributed by atoms with Gasteiger partial charge in [-0.3, -0.25) is 9.69 Å². The first-order valence-electron chi connectivity index (χ1n) is 9.74. The fourth-order valence-electron chi connectivity index (χ4n) is 4.47. The number of aromatic amines is 1. The number of rotatable bonds is 4. The normalized spacial score (nSPS) is 24.9. The van der Waals surface area contributed by atoms with Gasteiger partial charge in [-0.2, -0.15) is 0 Å². The molecule has 1 aromatic carbocycles. The van der Waals surface area contributed by atoms with Gasteiger partial charge in [-0.15, -0.1) is 0 Å². The summed E-state index contributed by atoms with van der Waals surface area (Å²) >= 11 is 0. The Labute approximate surface area is 149 Å². The van der Waals surface area contributed by atoms with Crippen LogP contribution >= 0.6 is 0 Å². The van der Waals surface area contributed by atoms with Crippen molar-refractivity contribution in [3.63, 3.8) is 0 Å². The van der Waals surface area contributed by atoms with Crippen molar-refractivity contribution in [1.29, 1.82) is 0 Å². The van der Waals surface area contributed by atoms with Crippen LogP contribution in [0.3, 0.4) is 0 Å². The van der Waals surface area contributed by atoms with Gasteiger partial charge in [0.05, 0.1) is 23.6 Å². The molecule has 2 fully saturated rings. The van der Waals surface area contributed by atoms with Crippen molar-refractivity contribution in [3.05, 3.63) is 30.1 Å². The summed E-state index contributed by atoms with van der Waals surface area (Å²) in [7, 11) is 0. The molecule has 0 saturated carbocycles. The van der Waals surface area contributed by atoms with E-state index in [1.54, 1.807) is 0 Å². The van der Waals surface area contributed by atoms with E-state index >= 15 is 0 Å². The molecular formula is C20H28N4O. The third-order valence-corrected chi connectivity index (χ3v) is 5.86. The quantitative estimate of drug-likeness (QED) is 0.927. The Balaban J connectivity index is 1.49. The van der Waals surface area contributed by atoms with E-state index in [1.807, 2.05) is 24.3 Å². The number of imidazole rings is 1. The maximum absolute atomic E-state index is 13.0. The van der Waals surface area contributed by atoms with Crippen LogP contribution in [0, 0.1) is 0 Å². The van der Waals surface area contributed by atoms with Gasteiger partial charge in [0.25, 0.3) is 0 Å². The lowest BCUT2D eigenvalue weighted by Crippen LogP contribution is -2.46. The Hall–Kier alpha value is -1.88. The third-order valence-electron chi connectivity index (χ3n) is 5.86. The zero-order valence-electron chi connectivity index (χ0n) is 15.1. The molecule has 2 saturated heterocycles. The molecule has 2 aliphatic rings. The van der Waals surface area contributed by atoms with Gasteiger partial charge in [0.1, 0.15) is 5.82 Å². The number of benzene rings is 1. The first-order chi connectivity index (χ1) is 12.3. The summed E-state index contributed by atoms with van der Waals surface area (Å²) in [5.41, 5.74) is 2.04. The zero-order valence-corrected chi connectivity index (χ0v) is 15.1. The number of likely N-dealkylation sites (tertiary alicyclic amines) is 2. The second-order valence-electron chi connectivity index (χ2n) is 7.41. The fourth-order valence-corrected chi connectivity index (χ4v) is 4.47. The number of hydrogen-bond donors (Lipinski definition) is 1. The summed E-state index contributed by atoms with van der Waals surface area (Å²) in [6.45, 7) is 4.72. The van der Waals surface area contributed by atoms with E-state index in [9.17, 15) is 4.79 Å². The standard InChI is InChI=1S/C20H28N4O/c1-2-15-8-5-6-12-23(15)14-19(25)24-13-7-11-18(24)20-21-16-9-3-4-10-17(16)22-20/h3-4,9-10,15,18H,2,5-8,11-14H2,1H3,(H,21,22)/t15-,18+/m1/s1. The number of amides is 1. The van der Waals surface area contributed by atoms with E-state index in [0.29, 0.717) is 12.6 Å². The van der Waals surface area contributed by atoms with Crippen LogP contribution in [0.2, 0.25) is 0 Å². The van der Waals surface area contributed by atoms with E-state index < -0.39 is 0 Å². The summed E-state index contributed by atoms with van der Waals surface area (Å²) in [5.74, 6) is 1.21. The third kappa shape index (κ3) is 3.30. The molecule has 5 nitrogen and oxygen atoms in total. The molecule has 0 spiro atoms. The van der Waals surface area contributed by atoms with Crippen molar-refractivity contribution in [2.45, 2.75) is 57.5 Å². The SMILES string of the molecule is CC[C@@H]1CCCCN1CC(=O)N1CCC[C@H]1c1nc2ccccc2[nH]1. The van der Waals surface area contributed by atoms with Crippen LogP contribution in [0.5, 0.6) is 0 Å². The molecule has 134 valence electrons. The van der Waals surface area contributed by atoms with Crippen LogP contribution in [-0.4, -0.2) is 51.4 Å². The smallest absolute Gasteiger partial charge is 0.237 e. The minimum absolute atomic E-state index is 0.102. The molecule has 2 aromatic rings. The molecule has 0 unspecified atom stereocenters. The lowest BCUT2D eigenvalue weighted by Gasteiger charge is -2.36. The predicted molar refractivity (Wildman–Crippen MR) is 99.3 cm³/mol. The maximum Gasteiger partial charge on any atom is 0.237 e. The average Bonchev–Trinajstić information content (AvgIpc) is 3.28. The van der Waals surface area contributed by atoms with Crippen LogP contribution in [0.25, 0.3) is 11.0 Å². The molecule has 1 N–H and O–H groups in total. The molecule has 1 amide bonds. The first kappa shape index (κ1) is 16.6. The Bertz CT molecular complexity index is 707. The second kappa shape index (κ2) is 7.16. The van der Waals surface area contributed by atoms with Crippen molar-refractivity contribution < 1.29 is 4.79 Å². The van der Waals surface area contributed by atoms with Crippen LogP contribution < -0.4 is 0 Å². The van der Waals surface area contributed by atoms with Crippen LogP contribution in [0.4, 0.5) is 0 Å². The molecule has 0 bridgehead atoms. The van der Waals surface area contributed by atoms with E-state index in [1.165, 1.54) is 19.3 Å². The van der Waals surface area contributed by atoms with Gasteiger partial charge in [-0.05, 0) is 50.8 Å². The highest BCUT2D eigenvalue weighted by Crippen LogP contribution is 2.32. The topological polar surface area (TPSA) is 52.2 Å². The Kier molecular flexibility index (Phi) is 4.75. The van der Waals surface area contributed by atoms with Crippen molar-refractivity contribution in [2.24, 2.45) is 0 Å². The number of carbonyl (C=O) groups excluding carboxylic acids is 1. The molecule has 4 rings (SSSR count). The van der Waals surface area contributed by atoms with Gasteiger partial charge in [0, 0.05) is 12.6 Å². The number of para-hydroxylation sites is 2. The minimum Gasteiger partial charge on any atom is -0.340 e. The van der Waals surface area contributed by atoms with Crippen LogP contribution in [-0.2, 0) is 4.79 Å². The van der Waals surface area contributed by atoms with Crippen molar-refractivity contribution >= 4 is 16.9 Å². The van der Waals surface area contributed by atoms with Gasteiger partial charge in [-0.1, -0.05) is 25.5 Å². The first-order valence-corrected chi connectivity index (χ1v) is 9.74. The van der Waals surface area contributed by atoms with Crippen molar-refractivity contribution in [1.82, 2.24) is 19.8 Å². The Morgan fingerprint density at radius 3 is 2.92 bits per heavy atom. The summed E-state index contributed by atoms with van der Waals surface area (Å²) in [6.07, 6.45) is 6.95. The average molecular weight is 340 g/mol. The molecule has 5 heteroatoms. The summed E-state index contributed by atoms with van der Waals surface area (Å²) in [5, 5.41) is 0. The number of fused-ring (bicyclic) bond motifs is 1. The number of aromatic nitrogens is 2. The number of hydrogen-bond acceptors (Lipinski definition) is 3. The van der Waals surface area contributed by atoms with E-state index in [4.69, 9.17) is 4.98 Å². The molecule has 1 aromatic heterocycles. The Morgan fingerprint density at radius 2 is 2.08 bits per heavy atom. The highest BCUT2D eigenvalue weighted by molar-refractivity contribution is 5.79. The number of carbonyl (C=O) groups is 1. The van der Waals surface area contributed by atoms with Gasteiger partial charge in [0.15, 0.2) is 0 Å². The zero-order chi connectivity index (χ0) is 17.2. The number of nitrogens with one attached hydrogen (secondary N) is 1. The second-order valence-corrected chi connectivity index (χ2v) is 7.41. The van der Waals surface area contributed by atoms with Gasteiger partial charge >= 0.3 is 0 Å². The van der Waals surface area contributed by atoms with E-state index in [2.05, 4.69) is 21.7 Å². The highest BCUT2D eigenvalue weighted by atomic mass is 16.2. The number of piperidine rings is 1. The minimum atomic E-state index is 0.102. The fraction of sp³-hybridized carbons (Fsp3) is 0.600. The van der Waals surface area contributed by atoms with Gasteiger partial charge in [0.2, 0.25) is 5.91 Å². The molecule has 0 radical (unpaired) electrons. The van der Waals surface area contributed by atoms with Crippen LogP contribution in [0.15, 0.2) is 24.3 Å². The summed E-state index contributed by atoms with van der Waals surface area (Å²) in [6, 6.07) is 8.77. The number of H-pyrrole nitrogens is 1. The van der Waals surface area contributed by atoms with Gasteiger partial charge in [-0.25, -0.2) is 4.98 Å². The van der Waals surface area contributed by atoms with E-state index in [0.717, 1.165) is 49.2 Å². The van der Waals surface area contributed by atoms with Crippen molar-refractivity contribution in [2.75, 3.05) is 19.6 Å². The maximum atomic E-state index is 13.0. The number of nitrogens with zero attached hydrogens (tertiary/aromatic N) is 3. The summed E-state index contributed by atoms with van der Waals surface area (Å²) < 4.78 is 0. The molecule has 2 aliphatic heterocycles. The highest BCUT2D eigenvalue weighted by Gasteiger charge is 2.34. The lowest BCUT2D eigenvalue weighted by atomic mass is 10.00. The molecular weight excluding hydrogens is 312 g/mol. The van der Waals surface area contributed by atoms with Crippen LogP contribution in [0.1, 0.15) is 57.3 Å². The largest absolute Gasteiger partial charge is 0.340 e. The van der Waals surface area contributed by atoms with Gasteiger partial charge < -0.3 is 9.88 Å². The van der Waals surface area contributed by atoms with Crippen molar-refractivity contribution in [3.8, 4) is 0 Å². The summed E-state index contributed by atoms with van der Waals surface area (Å²) in [4.78, 5) is 25.6. The Morgan fingerprint density at radius 1 is 1.20 bits per heavy atom. The lowest BCUT2D eigenvalue weighted by molar-refractivity contribution is -0.134. The molecule has 2 atom stereocenters. The molecule has 25 heavy (non-hydrogen) atoms. The monoisotopic (exact) mass is 340 g/mol. The molecule has 3 heterocycles.